The lowest BCUT2D eigenvalue weighted by Gasteiger charge is -2.26. The number of methoxy groups -OCH3 is 4. The summed E-state index contributed by atoms with van der Waals surface area (Å²) in [6.07, 6.45) is 9.91. The summed E-state index contributed by atoms with van der Waals surface area (Å²) < 4.78 is 41.3. The van der Waals surface area contributed by atoms with E-state index in [0.29, 0.717) is 79.2 Å². The van der Waals surface area contributed by atoms with Gasteiger partial charge in [0.2, 0.25) is 35.4 Å². The number of alkyl carbamates (subject to hydrolysis) is 1. The zero-order valence-electron chi connectivity index (χ0n) is 73.4. The van der Waals surface area contributed by atoms with Gasteiger partial charge in [-0.25, -0.2) is 14.4 Å². The second kappa shape index (κ2) is 48.7. The van der Waals surface area contributed by atoms with Gasteiger partial charge < -0.3 is 88.5 Å². The van der Waals surface area contributed by atoms with E-state index in [1.807, 2.05) is 176 Å². The number of ether oxygens (including phenoxy) is 7. The Morgan fingerprint density at radius 1 is 0.389 bits per heavy atom. The van der Waals surface area contributed by atoms with Crippen molar-refractivity contribution in [3.05, 3.63) is 266 Å². The van der Waals surface area contributed by atoms with E-state index in [-0.39, 0.29) is 70.7 Å². The van der Waals surface area contributed by atoms with Gasteiger partial charge in [0, 0.05) is 55.5 Å². The molecule has 7 amide bonds. The first kappa shape index (κ1) is 98.1. The van der Waals surface area contributed by atoms with Crippen LogP contribution in [-0.4, -0.2) is 137 Å². The van der Waals surface area contributed by atoms with E-state index in [0.717, 1.165) is 87.6 Å². The molecule has 2 unspecified atom stereocenters. The SMILES string of the molecule is C=CCc1cc2ccccc2c(-c2c(OC)c(CC(NC(C)=O)C(=O)N[C@H](CCCCNC(=O)OC(C)(C)C)C(=O)N[C@H](CC=C)C(=O)OCc3ccccc3)cc3ccccc23)c1OC.C=CCc1cc2ccccc2c(-c2c(OC)c(CC(NC(C)=O)C(=O)N[C@H](CCCC[NH3+])C(=O)N[C@H](CC=C)C(=O)OCc3ccccc3)cc3ccccc23)c1OC.[Cl-]. The van der Waals surface area contributed by atoms with Crippen LogP contribution in [0.1, 0.15) is 119 Å². The Morgan fingerprint density at radius 2 is 0.698 bits per heavy atom. The number of allylic oxidation sites excluding steroid dienone is 2. The number of rotatable bonds is 43. The molecule has 0 aliphatic carbocycles. The van der Waals surface area contributed by atoms with Gasteiger partial charge in [-0.2, -0.15) is 0 Å². The summed E-state index contributed by atoms with van der Waals surface area (Å²) in [6.45, 7) is 24.3. The molecule has 10 aromatic rings. The van der Waals surface area contributed by atoms with Crippen LogP contribution in [0.25, 0.3) is 65.3 Å². The topological polar surface area (TPSA) is 330 Å². The highest BCUT2D eigenvalue weighted by Crippen LogP contribution is 2.51. The Labute approximate surface area is 743 Å². The molecule has 0 fully saturated rings. The fraction of sp³-hybridized carbons (Fsp3) is 0.317. The van der Waals surface area contributed by atoms with Gasteiger partial charge in [0.1, 0.15) is 78.1 Å². The van der Waals surface area contributed by atoms with Gasteiger partial charge in [-0.05, 0) is 186 Å². The maximum atomic E-state index is 14.6. The average molecular weight is 1730 g/mol. The molecule has 10 N–H and O–H groups in total. The number of benzene rings is 10. The first-order valence-electron chi connectivity index (χ1n) is 42.0. The highest BCUT2D eigenvalue weighted by Gasteiger charge is 2.35. The lowest BCUT2D eigenvalue weighted by molar-refractivity contribution is -0.368. The van der Waals surface area contributed by atoms with Crippen LogP contribution in [0, 0.1) is 0 Å². The van der Waals surface area contributed by atoms with Crippen molar-refractivity contribution >= 4 is 96.6 Å². The Morgan fingerprint density at radius 3 is 1.02 bits per heavy atom. The number of amides is 7. The molecule has 0 radical (unpaired) electrons. The van der Waals surface area contributed by atoms with Crippen LogP contribution in [0.5, 0.6) is 23.0 Å². The summed E-state index contributed by atoms with van der Waals surface area (Å²) in [5.74, 6) is -2.30. The fourth-order valence-corrected chi connectivity index (χ4v) is 15.3. The Balaban J connectivity index is 0.000000311. The van der Waals surface area contributed by atoms with Gasteiger partial charge in [-0.3, -0.25) is 28.8 Å². The Hall–Kier alpha value is -13.3. The van der Waals surface area contributed by atoms with E-state index in [4.69, 9.17) is 33.2 Å². The van der Waals surface area contributed by atoms with E-state index in [1.165, 1.54) is 26.0 Å². The molecule has 126 heavy (non-hydrogen) atoms. The van der Waals surface area contributed by atoms with Gasteiger partial charge in [-0.15, -0.1) is 26.3 Å². The summed E-state index contributed by atoms with van der Waals surface area (Å²) in [6, 6.07) is 51.7. The normalized spacial score (nSPS) is 12.4. The second-order valence-corrected chi connectivity index (χ2v) is 31.3. The summed E-state index contributed by atoms with van der Waals surface area (Å²) in [5.41, 5.74) is 11.1. The number of esters is 2. The number of carbonyl (C=O) groups is 9. The van der Waals surface area contributed by atoms with Gasteiger partial charge in [0.15, 0.2) is 0 Å². The summed E-state index contributed by atoms with van der Waals surface area (Å²) in [7, 11) is 6.43. The summed E-state index contributed by atoms with van der Waals surface area (Å²) >= 11 is 0. The Kier molecular flexibility index (Phi) is 37.9. The number of unbranched alkanes of at least 4 members (excludes halogenated alkanes) is 2. The van der Waals surface area contributed by atoms with Gasteiger partial charge in [-0.1, -0.05) is 182 Å². The highest BCUT2D eigenvalue weighted by atomic mass is 35.5. The Bertz CT molecular complexity index is 5500. The molecule has 0 heterocycles. The van der Waals surface area contributed by atoms with Gasteiger partial charge in [0.05, 0.1) is 35.0 Å². The van der Waals surface area contributed by atoms with Crippen LogP contribution < -0.4 is 74.3 Å². The third-order valence-electron chi connectivity index (χ3n) is 20.9. The molecule has 0 bridgehead atoms. The van der Waals surface area contributed by atoms with Crippen molar-refractivity contribution in [2.24, 2.45) is 0 Å². The van der Waals surface area contributed by atoms with Crippen LogP contribution in [0.4, 0.5) is 4.79 Å². The van der Waals surface area contributed by atoms with E-state index in [1.54, 1.807) is 49.2 Å². The molecule has 0 spiro atoms. The third-order valence-corrected chi connectivity index (χ3v) is 20.9. The first-order chi connectivity index (χ1) is 60.3. The van der Waals surface area contributed by atoms with Crippen molar-refractivity contribution < 1.29 is 94.4 Å². The number of quaternary nitrogens is 1. The third kappa shape index (κ3) is 26.9. The van der Waals surface area contributed by atoms with Crippen molar-refractivity contribution in [1.82, 2.24) is 37.2 Å². The molecule has 0 saturated heterocycles. The standard InChI is InChI=1S/C53H62N4O9.C48H54N4O7.ClH/c1-9-20-38-30-36-24-14-16-26-40(36)45(47(38)63-7)46-41-27-17-15-25-37(41)31-39(48(46)64-8)32-44(55-34(3)58)50(60)56-42(28-18-19-29-54-52(62)66-53(4,5)6)49(59)57-43(21-10-2)51(61)65-33-35-22-12-11-13-23-35;1-6-17-35-27-33-21-11-13-23-37(33)42(44(35)57-4)43-38-24-14-12-22-34(38)28-36(45(43)58-5)29-41(50-31(3)53)47(55)51-39(25-15-16-26-49)46(54)52-40(18-7-2)48(56)59-30-32-19-9-8-10-20-32;/h9-17,22-27,30-31,42-44H,1-2,18-21,28-29,32-33H2,3-8H3,(H,54,62)(H,55,58)(H,56,60)(H,57,59);6-14,19-24,27-28,39-41H,1-2,15-18,25-26,29-30,49H2,3-5H3,(H,50,53)(H,51,55)(H,52,54);1H/t42-,43-,44?;39-,40-,41?;/m11./s1. The monoisotopic (exact) mass is 1730 g/mol. The van der Waals surface area contributed by atoms with Gasteiger partial charge in [0.25, 0.3) is 0 Å². The zero-order chi connectivity index (χ0) is 90.1. The highest BCUT2D eigenvalue weighted by molar-refractivity contribution is 6.13. The number of carbonyl (C=O) groups excluding carboxylic acids is 9. The summed E-state index contributed by atoms with van der Waals surface area (Å²) in [4.78, 5) is 121. The minimum Gasteiger partial charge on any atom is -1.00 e. The lowest BCUT2D eigenvalue weighted by Crippen LogP contribution is -3.00. The molecular formula is C101H117ClN8O16. The minimum absolute atomic E-state index is 0. The molecule has 0 aliphatic rings. The quantitative estimate of drug-likeness (QED) is 0.00762. The van der Waals surface area contributed by atoms with Crippen molar-refractivity contribution in [2.45, 2.75) is 167 Å². The van der Waals surface area contributed by atoms with E-state index in [2.05, 4.69) is 87.5 Å². The number of nitrogens with one attached hydrogen (secondary N) is 7. The molecule has 664 valence electrons. The van der Waals surface area contributed by atoms with E-state index >= 15 is 0 Å². The van der Waals surface area contributed by atoms with Crippen molar-refractivity contribution in [2.75, 3.05) is 41.5 Å². The van der Waals surface area contributed by atoms with Crippen LogP contribution in [-0.2, 0) is 91.5 Å². The molecule has 0 aliphatic heterocycles. The predicted molar refractivity (Wildman–Crippen MR) is 490 cm³/mol. The van der Waals surface area contributed by atoms with Crippen molar-refractivity contribution in [3.8, 4) is 45.3 Å². The average Bonchev–Trinajstić information content (AvgIpc) is 0.741. The zero-order valence-corrected chi connectivity index (χ0v) is 74.1. The number of halogens is 1. The van der Waals surface area contributed by atoms with Crippen LogP contribution in [0.15, 0.2) is 233 Å². The molecular weight excluding hydrogens is 1620 g/mol. The molecule has 24 nitrogen and oxygen atoms in total. The minimum atomic E-state index is -1.18. The van der Waals surface area contributed by atoms with E-state index in [9.17, 15) is 43.2 Å². The van der Waals surface area contributed by atoms with Crippen LogP contribution >= 0.6 is 0 Å². The fourth-order valence-electron chi connectivity index (χ4n) is 15.3. The van der Waals surface area contributed by atoms with E-state index < -0.39 is 95.3 Å². The van der Waals surface area contributed by atoms with Crippen LogP contribution in [0.2, 0.25) is 0 Å². The molecule has 10 aromatic carbocycles. The van der Waals surface area contributed by atoms with Gasteiger partial charge >= 0.3 is 18.0 Å². The number of hydrogen-bond donors (Lipinski definition) is 8. The molecule has 0 aromatic heterocycles. The molecule has 6 atom stereocenters. The lowest BCUT2D eigenvalue weighted by atomic mass is 9.87. The van der Waals surface area contributed by atoms with Crippen LogP contribution in [0.3, 0.4) is 0 Å². The second-order valence-electron chi connectivity index (χ2n) is 31.3. The predicted octanol–water partition coefficient (Wildman–Crippen LogP) is 11.6. The number of fused-ring (bicyclic) bond motifs is 4. The van der Waals surface area contributed by atoms with Crippen molar-refractivity contribution in [3.63, 3.8) is 0 Å². The molecule has 0 saturated carbocycles. The largest absolute Gasteiger partial charge is 1.00 e. The maximum Gasteiger partial charge on any atom is 0.407 e. The first-order valence-corrected chi connectivity index (χ1v) is 42.0. The van der Waals surface area contributed by atoms with Crippen molar-refractivity contribution in [1.29, 1.82) is 0 Å². The maximum absolute atomic E-state index is 14.6. The summed E-state index contributed by atoms with van der Waals surface area (Å²) in [5, 5.41) is 27.1. The molecule has 25 heteroatoms. The molecule has 10 rings (SSSR count). The number of hydrogen-bond acceptors (Lipinski definition) is 16. The smallest absolute Gasteiger partial charge is 0.407 e.